The minimum absolute atomic E-state index is 0.00234. The number of para-hydroxylation sites is 1. The van der Waals surface area contributed by atoms with E-state index in [0.717, 1.165) is 16.5 Å². The van der Waals surface area contributed by atoms with Crippen LogP contribution < -0.4 is 5.56 Å². The number of nitrogens with zero attached hydrogens (tertiary/aromatic N) is 1. The van der Waals surface area contributed by atoms with Crippen molar-refractivity contribution in [2.75, 3.05) is 7.11 Å². The normalized spacial score (nSPS) is 12.4. The number of methoxy groups -OCH3 is 1. The standard InChI is InChI=1S/C23H28N2O4/c1-14(2)18(12-21(27)29-4)22-20(26)11-15(3)25(23(22)28)10-9-16-13-24-19-8-6-5-7-17(16)19/h5-8,11,13-14,18,24,26H,9-10,12H2,1-4H3. The first-order valence-electron chi connectivity index (χ1n) is 9.88. The van der Waals surface area contributed by atoms with E-state index in [2.05, 4.69) is 11.1 Å². The molecule has 0 aliphatic rings. The lowest BCUT2D eigenvalue weighted by atomic mass is 9.85. The average molecular weight is 396 g/mol. The Balaban J connectivity index is 1.96. The molecule has 29 heavy (non-hydrogen) atoms. The predicted molar refractivity (Wildman–Crippen MR) is 113 cm³/mol. The van der Waals surface area contributed by atoms with Crippen LogP contribution in [0.4, 0.5) is 0 Å². The minimum Gasteiger partial charge on any atom is -0.507 e. The Labute approximate surface area is 170 Å². The third kappa shape index (κ3) is 4.21. The van der Waals surface area contributed by atoms with E-state index in [-0.39, 0.29) is 29.2 Å². The number of hydrogen-bond acceptors (Lipinski definition) is 4. The van der Waals surface area contributed by atoms with E-state index in [1.165, 1.54) is 7.11 Å². The molecular formula is C23H28N2O4. The molecule has 3 rings (SSSR count). The number of carbonyl (C=O) groups is 1. The van der Waals surface area contributed by atoms with Crippen LogP contribution >= 0.6 is 0 Å². The Morgan fingerprint density at radius 3 is 2.69 bits per heavy atom. The molecule has 0 radical (unpaired) electrons. The molecule has 3 aromatic rings. The molecule has 0 amide bonds. The third-order valence-corrected chi connectivity index (χ3v) is 5.59. The molecule has 0 spiro atoms. The maximum atomic E-state index is 13.3. The quantitative estimate of drug-likeness (QED) is 0.594. The number of benzene rings is 1. The first-order chi connectivity index (χ1) is 13.8. The van der Waals surface area contributed by atoms with E-state index < -0.39 is 11.9 Å². The van der Waals surface area contributed by atoms with Crippen LogP contribution in [0.5, 0.6) is 5.75 Å². The van der Waals surface area contributed by atoms with Gasteiger partial charge < -0.3 is 19.4 Å². The molecule has 0 aliphatic carbocycles. The smallest absolute Gasteiger partial charge is 0.306 e. The summed E-state index contributed by atoms with van der Waals surface area (Å²) in [6.45, 7) is 6.17. The molecule has 1 atom stereocenters. The molecule has 0 aliphatic heterocycles. The van der Waals surface area contributed by atoms with E-state index in [1.807, 2.05) is 45.2 Å². The number of aromatic hydroxyl groups is 1. The van der Waals surface area contributed by atoms with E-state index in [1.54, 1.807) is 10.6 Å². The van der Waals surface area contributed by atoms with Gasteiger partial charge in [-0.3, -0.25) is 9.59 Å². The number of pyridine rings is 1. The highest BCUT2D eigenvalue weighted by atomic mass is 16.5. The first kappa shape index (κ1) is 20.7. The second kappa shape index (κ2) is 8.55. The lowest BCUT2D eigenvalue weighted by Gasteiger charge is -2.22. The molecule has 0 saturated heterocycles. The number of aromatic amines is 1. The molecule has 154 valence electrons. The summed E-state index contributed by atoms with van der Waals surface area (Å²) in [5.41, 5.74) is 2.93. The number of carbonyl (C=O) groups excluding carboxylic acids is 1. The number of aromatic nitrogens is 2. The molecular weight excluding hydrogens is 368 g/mol. The molecule has 2 aromatic heterocycles. The molecule has 1 unspecified atom stereocenters. The zero-order chi connectivity index (χ0) is 21.1. The maximum Gasteiger partial charge on any atom is 0.306 e. The number of esters is 1. The SMILES string of the molecule is COC(=O)CC(c1c(O)cc(C)n(CCc2c[nH]c3ccccc23)c1=O)C(C)C. The summed E-state index contributed by atoms with van der Waals surface area (Å²) in [7, 11) is 1.33. The van der Waals surface area contributed by atoms with Gasteiger partial charge >= 0.3 is 5.97 Å². The van der Waals surface area contributed by atoms with Crippen molar-refractivity contribution >= 4 is 16.9 Å². The number of aryl methyl sites for hydroxylation is 2. The third-order valence-electron chi connectivity index (χ3n) is 5.59. The zero-order valence-electron chi connectivity index (χ0n) is 17.4. The molecule has 0 bridgehead atoms. The molecule has 1 aromatic carbocycles. The summed E-state index contributed by atoms with van der Waals surface area (Å²) in [4.78, 5) is 28.4. The van der Waals surface area contributed by atoms with Crippen molar-refractivity contribution < 1.29 is 14.6 Å². The van der Waals surface area contributed by atoms with Crippen LogP contribution in [0.3, 0.4) is 0 Å². The van der Waals surface area contributed by atoms with Crippen LogP contribution in [-0.4, -0.2) is 27.7 Å². The number of hydrogen-bond donors (Lipinski definition) is 2. The molecule has 2 N–H and O–H groups in total. The number of ether oxygens (including phenoxy) is 1. The Morgan fingerprint density at radius 2 is 2.00 bits per heavy atom. The topological polar surface area (TPSA) is 84.3 Å². The van der Waals surface area contributed by atoms with Crippen molar-refractivity contribution in [2.45, 2.75) is 46.1 Å². The van der Waals surface area contributed by atoms with Gasteiger partial charge in [0.25, 0.3) is 5.56 Å². The fourth-order valence-electron chi connectivity index (χ4n) is 3.90. The summed E-state index contributed by atoms with van der Waals surface area (Å²) in [5.74, 6) is -0.862. The molecule has 0 fully saturated rings. The number of rotatable bonds is 7. The lowest BCUT2D eigenvalue weighted by molar-refractivity contribution is -0.141. The van der Waals surface area contributed by atoms with E-state index in [4.69, 9.17) is 4.74 Å². The summed E-state index contributed by atoms with van der Waals surface area (Å²) >= 11 is 0. The minimum atomic E-state index is -0.408. The monoisotopic (exact) mass is 396 g/mol. The van der Waals surface area contributed by atoms with Crippen molar-refractivity contribution in [2.24, 2.45) is 5.92 Å². The largest absolute Gasteiger partial charge is 0.507 e. The maximum absolute atomic E-state index is 13.3. The number of H-pyrrole nitrogens is 1. The van der Waals surface area contributed by atoms with Crippen molar-refractivity contribution in [3.05, 3.63) is 63.7 Å². The summed E-state index contributed by atoms with van der Waals surface area (Å²) in [6.07, 6.45) is 2.71. The summed E-state index contributed by atoms with van der Waals surface area (Å²) < 4.78 is 6.47. The number of fused-ring (bicyclic) bond motifs is 1. The second-order valence-electron chi connectivity index (χ2n) is 7.78. The van der Waals surface area contributed by atoms with Gasteiger partial charge in [0.05, 0.1) is 19.1 Å². The fourth-order valence-corrected chi connectivity index (χ4v) is 3.90. The lowest BCUT2D eigenvalue weighted by Crippen LogP contribution is -2.30. The van der Waals surface area contributed by atoms with Crippen molar-refractivity contribution in [3.63, 3.8) is 0 Å². The predicted octanol–water partition coefficient (Wildman–Crippen LogP) is 3.89. The van der Waals surface area contributed by atoms with Crippen LogP contribution in [-0.2, 0) is 22.5 Å². The van der Waals surface area contributed by atoms with Gasteiger partial charge in [-0.2, -0.15) is 0 Å². The highest BCUT2D eigenvalue weighted by molar-refractivity contribution is 5.83. The van der Waals surface area contributed by atoms with Gasteiger partial charge in [-0.25, -0.2) is 0 Å². The van der Waals surface area contributed by atoms with Gasteiger partial charge in [0.2, 0.25) is 0 Å². The second-order valence-corrected chi connectivity index (χ2v) is 7.78. The summed E-state index contributed by atoms with van der Waals surface area (Å²) in [5, 5.41) is 11.7. The van der Waals surface area contributed by atoms with Crippen LogP contribution in [0.1, 0.15) is 43.0 Å². The molecule has 6 nitrogen and oxygen atoms in total. The van der Waals surface area contributed by atoms with Crippen LogP contribution in [0.25, 0.3) is 10.9 Å². The molecule has 0 saturated carbocycles. The zero-order valence-corrected chi connectivity index (χ0v) is 17.4. The Morgan fingerprint density at radius 1 is 1.28 bits per heavy atom. The van der Waals surface area contributed by atoms with E-state index in [0.29, 0.717) is 18.7 Å². The Hall–Kier alpha value is -3.02. The van der Waals surface area contributed by atoms with Gasteiger partial charge in [-0.1, -0.05) is 32.0 Å². The number of nitrogens with one attached hydrogen (secondary N) is 1. The van der Waals surface area contributed by atoms with Crippen molar-refractivity contribution in [1.82, 2.24) is 9.55 Å². The molecule has 6 heteroatoms. The Kier molecular flexibility index (Phi) is 6.11. The van der Waals surface area contributed by atoms with Crippen LogP contribution in [0, 0.1) is 12.8 Å². The van der Waals surface area contributed by atoms with Crippen molar-refractivity contribution in [3.8, 4) is 5.75 Å². The van der Waals surface area contributed by atoms with Crippen LogP contribution in [0.2, 0.25) is 0 Å². The highest BCUT2D eigenvalue weighted by Gasteiger charge is 2.27. The fraction of sp³-hybridized carbons (Fsp3) is 0.391. The van der Waals surface area contributed by atoms with E-state index in [9.17, 15) is 14.7 Å². The van der Waals surface area contributed by atoms with Gasteiger partial charge in [-0.15, -0.1) is 0 Å². The van der Waals surface area contributed by atoms with Gasteiger partial charge in [0.1, 0.15) is 5.75 Å². The average Bonchev–Trinajstić information content (AvgIpc) is 3.09. The van der Waals surface area contributed by atoms with E-state index >= 15 is 0 Å². The van der Waals surface area contributed by atoms with Gasteiger partial charge in [0.15, 0.2) is 0 Å². The summed E-state index contributed by atoms with van der Waals surface area (Å²) in [6, 6.07) is 9.67. The van der Waals surface area contributed by atoms with Gasteiger partial charge in [0, 0.05) is 35.3 Å². The Bertz CT molecular complexity index is 1080. The van der Waals surface area contributed by atoms with Crippen LogP contribution in [0.15, 0.2) is 41.3 Å². The highest BCUT2D eigenvalue weighted by Crippen LogP contribution is 2.32. The first-order valence-corrected chi connectivity index (χ1v) is 9.88. The van der Waals surface area contributed by atoms with Crippen molar-refractivity contribution in [1.29, 1.82) is 0 Å². The van der Waals surface area contributed by atoms with Gasteiger partial charge in [-0.05, 0) is 37.0 Å². The molecule has 2 heterocycles.